The SMILES string of the molecule is CC(=O)C1=C(C)Nc2cc(-c3ccccc3)nn2[C@H]1c1ccccc1. The van der Waals surface area contributed by atoms with Crippen LogP contribution >= 0.6 is 0 Å². The van der Waals surface area contributed by atoms with Gasteiger partial charge in [0.05, 0.1) is 5.69 Å². The van der Waals surface area contributed by atoms with Gasteiger partial charge in [0.15, 0.2) is 5.78 Å². The molecule has 0 bridgehead atoms. The Balaban J connectivity index is 1.89. The Kier molecular flexibility index (Phi) is 3.73. The fraction of sp³-hybridized carbons (Fsp3) is 0.143. The summed E-state index contributed by atoms with van der Waals surface area (Å²) in [5.41, 5.74) is 4.63. The molecule has 0 amide bonds. The van der Waals surface area contributed by atoms with E-state index >= 15 is 0 Å². The molecule has 0 aliphatic carbocycles. The van der Waals surface area contributed by atoms with Crippen molar-refractivity contribution in [2.24, 2.45) is 0 Å². The summed E-state index contributed by atoms with van der Waals surface area (Å²) in [6.45, 7) is 3.56. The molecule has 0 fully saturated rings. The second-order valence-corrected chi connectivity index (χ2v) is 6.26. The lowest BCUT2D eigenvalue weighted by Crippen LogP contribution is -2.27. The third-order valence-corrected chi connectivity index (χ3v) is 4.54. The van der Waals surface area contributed by atoms with Crippen molar-refractivity contribution in [3.63, 3.8) is 0 Å². The van der Waals surface area contributed by atoms with E-state index in [1.807, 2.05) is 78.3 Å². The standard InChI is InChI=1S/C21H19N3O/c1-14-20(15(2)25)21(17-11-7-4-8-12-17)24-19(22-14)13-18(23-24)16-9-5-3-6-10-16/h3-13,21-22H,1-2H3/t21-/m0/s1. The van der Waals surface area contributed by atoms with Crippen molar-refractivity contribution in [3.05, 3.63) is 83.6 Å². The Morgan fingerprint density at radius 2 is 1.68 bits per heavy atom. The largest absolute Gasteiger partial charge is 0.344 e. The Hall–Kier alpha value is -3.14. The van der Waals surface area contributed by atoms with Gasteiger partial charge in [-0.1, -0.05) is 60.7 Å². The summed E-state index contributed by atoms with van der Waals surface area (Å²) >= 11 is 0. The molecule has 0 unspecified atom stereocenters. The molecule has 25 heavy (non-hydrogen) atoms. The average Bonchev–Trinajstić information content (AvgIpc) is 3.05. The van der Waals surface area contributed by atoms with Gasteiger partial charge in [-0.2, -0.15) is 5.10 Å². The van der Waals surface area contributed by atoms with Crippen LogP contribution in [0.4, 0.5) is 5.82 Å². The summed E-state index contributed by atoms with van der Waals surface area (Å²) in [7, 11) is 0. The van der Waals surface area contributed by atoms with Crippen LogP contribution < -0.4 is 5.32 Å². The van der Waals surface area contributed by atoms with Gasteiger partial charge in [-0.3, -0.25) is 4.79 Å². The third-order valence-electron chi connectivity index (χ3n) is 4.54. The van der Waals surface area contributed by atoms with Crippen LogP contribution in [0.15, 0.2) is 78.0 Å². The first-order chi connectivity index (χ1) is 12.1. The normalized spacial score (nSPS) is 16.3. The molecule has 3 aromatic rings. The van der Waals surface area contributed by atoms with E-state index in [1.54, 1.807) is 6.92 Å². The van der Waals surface area contributed by atoms with Crippen molar-refractivity contribution in [1.29, 1.82) is 0 Å². The van der Waals surface area contributed by atoms with E-state index in [4.69, 9.17) is 5.10 Å². The van der Waals surface area contributed by atoms with Crippen molar-refractivity contribution in [2.45, 2.75) is 19.9 Å². The van der Waals surface area contributed by atoms with E-state index in [0.29, 0.717) is 0 Å². The zero-order valence-corrected chi connectivity index (χ0v) is 14.2. The minimum Gasteiger partial charge on any atom is -0.344 e. The number of Topliss-reactive ketones (excluding diaryl/α,β-unsaturated/α-hetero) is 1. The average molecular weight is 329 g/mol. The highest BCUT2D eigenvalue weighted by Gasteiger charge is 2.31. The van der Waals surface area contributed by atoms with Crippen LogP contribution in [0, 0.1) is 0 Å². The number of anilines is 1. The number of hydrogen-bond acceptors (Lipinski definition) is 3. The van der Waals surface area contributed by atoms with E-state index in [1.165, 1.54) is 0 Å². The maximum atomic E-state index is 12.3. The number of benzene rings is 2. The van der Waals surface area contributed by atoms with Crippen LogP contribution in [0.1, 0.15) is 25.5 Å². The lowest BCUT2D eigenvalue weighted by molar-refractivity contribution is -0.114. The Morgan fingerprint density at radius 3 is 2.32 bits per heavy atom. The van der Waals surface area contributed by atoms with Gasteiger partial charge in [0.25, 0.3) is 0 Å². The van der Waals surface area contributed by atoms with Gasteiger partial charge in [-0.15, -0.1) is 0 Å². The third kappa shape index (κ3) is 2.66. The molecule has 2 heterocycles. The van der Waals surface area contributed by atoms with Crippen molar-refractivity contribution in [3.8, 4) is 11.3 Å². The molecule has 0 radical (unpaired) electrons. The number of nitrogens with one attached hydrogen (secondary N) is 1. The first-order valence-corrected chi connectivity index (χ1v) is 8.34. The van der Waals surface area contributed by atoms with E-state index in [9.17, 15) is 4.79 Å². The predicted octanol–water partition coefficient (Wildman–Crippen LogP) is 4.43. The molecule has 124 valence electrons. The second kappa shape index (κ2) is 6.06. The smallest absolute Gasteiger partial charge is 0.160 e. The molecule has 1 aromatic heterocycles. The Bertz CT molecular complexity index is 955. The lowest BCUT2D eigenvalue weighted by atomic mass is 9.93. The number of carbonyl (C=O) groups is 1. The van der Waals surface area contributed by atoms with Crippen molar-refractivity contribution in [2.75, 3.05) is 5.32 Å². The molecule has 1 atom stereocenters. The quantitative estimate of drug-likeness (QED) is 0.773. The fourth-order valence-corrected chi connectivity index (χ4v) is 3.42. The van der Waals surface area contributed by atoms with Gasteiger partial charge >= 0.3 is 0 Å². The zero-order chi connectivity index (χ0) is 17.4. The molecule has 1 aliphatic heterocycles. The first kappa shape index (κ1) is 15.4. The van der Waals surface area contributed by atoms with Crippen LogP contribution in [0.3, 0.4) is 0 Å². The summed E-state index contributed by atoms with van der Waals surface area (Å²) in [6, 6.07) is 21.9. The minimum absolute atomic E-state index is 0.0567. The Labute approximate surface area is 146 Å². The highest BCUT2D eigenvalue weighted by atomic mass is 16.1. The number of nitrogens with zero attached hydrogens (tertiary/aromatic N) is 2. The summed E-state index contributed by atoms with van der Waals surface area (Å²) < 4.78 is 1.92. The van der Waals surface area contributed by atoms with Gasteiger partial charge in [0, 0.05) is 22.9 Å². The fourth-order valence-electron chi connectivity index (χ4n) is 3.42. The molecule has 0 saturated carbocycles. The van der Waals surface area contributed by atoms with Crippen LogP contribution in [-0.2, 0) is 4.79 Å². The van der Waals surface area contributed by atoms with Gasteiger partial charge in [0.2, 0.25) is 0 Å². The van der Waals surface area contributed by atoms with Crippen LogP contribution in [0.25, 0.3) is 11.3 Å². The molecular formula is C21H19N3O. The molecule has 1 N–H and O–H groups in total. The number of aromatic nitrogens is 2. The van der Waals surface area contributed by atoms with Crippen LogP contribution in [0.2, 0.25) is 0 Å². The second-order valence-electron chi connectivity index (χ2n) is 6.26. The number of ketones is 1. The molecular weight excluding hydrogens is 310 g/mol. The summed E-state index contributed by atoms with van der Waals surface area (Å²) in [5, 5.41) is 8.15. The highest BCUT2D eigenvalue weighted by Crippen LogP contribution is 2.37. The highest BCUT2D eigenvalue weighted by molar-refractivity contribution is 5.96. The molecule has 2 aromatic carbocycles. The van der Waals surface area contributed by atoms with Gasteiger partial charge in [-0.05, 0) is 19.4 Å². The molecule has 4 nitrogen and oxygen atoms in total. The molecule has 1 aliphatic rings. The molecule has 4 heteroatoms. The first-order valence-electron chi connectivity index (χ1n) is 8.34. The van der Waals surface area contributed by atoms with Crippen molar-refractivity contribution in [1.82, 2.24) is 9.78 Å². The van der Waals surface area contributed by atoms with Crippen LogP contribution in [0.5, 0.6) is 0 Å². The number of carbonyl (C=O) groups excluding carboxylic acids is 1. The zero-order valence-electron chi connectivity index (χ0n) is 14.2. The minimum atomic E-state index is -0.215. The molecule has 0 spiro atoms. The maximum Gasteiger partial charge on any atom is 0.160 e. The predicted molar refractivity (Wildman–Crippen MR) is 99.2 cm³/mol. The summed E-state index contributed by atoms with van der Waals surface area (Å²) in [6.07, 6.45) is 0. The van der Waals surface area contributed by atoms with Gasteiger partial charge in [-0.25, -0.2) is 4.68 Å². The number of allylic oxidation sites excluding steroid dienone is 2. The van der Waals surface area contributed by atoms with E-state index < -0.39 is 0 Å². The maximum absolute atomic E-state index is 12.3. The van der Waals surface area contributed by atoms with Crippen molar-refractivity contribution >= 4 is 11.6 Å². The lowest BCUT2D eigenvalue weighted by Gasteiger charge is -2.29. The molecule has 0 saturated heterocycles. The molecule has 4 rings (SSSR count). The van der Waals surface area contributed by atoms with Gasteiger partial charge < -0.3 is 5.32 Å². The topological polar surface area (TPSA) is 46.9 Å². The van der Waals surface area contributed by atoms with E-state index in [0.717, 1.165) is 33.9 Å². The summed E-state index contributed by atoms with van der Waals surface area (Å²) in [4.78, 5) is 12.3. The number of hydrogen-bond donors (Lipinski definition) is 1. The van der Waals surface area contributed by atoms with E-state index in [2.05, 4.69) is 5.32 Å². The monoisotopic (exact) mass is 329 g/mol. The Morgan fingerprint density at radius 1 is 1.04 bits per heavy atom. The van der Waals surface area contributed by atoms with Gasteiger partial charge in [0.1, 0.15) is 11.9 Å². The summed E-state index contributed by atoms with van der Waals surface area (Å²) in [5.74, 6) is 0.955. The van der Waals surface area contributed by atoms with Crippen molar-refractivity contribution < 1.29 is 4.79 Å². The number of fused-ring (bicyclic) bond motifs is 1. The van der Waals surface area contributed by atoms with E-state index in [-0.39, 0.29) is 11.8 Å². The number of rotatable bonds is 3. The van der Waals surface area contributed by atoms with Crippen LogP contribution in [-0.4, -0.2) is 15.6 Å².